The molecule has 0 saturated carbocycles. The number of benzene rings is 2. The van der Waals surface area contributed by atoms with E-state index < -0.39 is 10.0 Å². The molecule has 5 nitrogen and oxygen atoms in total. The van der Waals surface area contributed by atoms with E-state index >= 15 is 0 Å². The molecule has 0 spiro atoms. The Morgan fingerprint density at radius 3 is 2.43 bits per heavy atom. The summed E-state index contributed by atoms with van der Waals surface area (Å²) in [4.78, 5) is 12.6. The highest BCUT2D eigenvalue weighted by Crippen LogP contribution is 2.23. The summed E-state index contributed by atoms with van der Waals surface area (Å²) in [5, 5.41) is 3.06. The smallest absolute Gasteiger partial charge is 0.223 e. The summed E-state index contributed by atoms with van der Waals surface area (Å²) >= 11 is 0. The maximum atomic E-state index is 12.7. The van der Waals surface area contributed by atoms with Crippen molar-refractivity contribution in [3.05, 3.63) is 71.3 Å². The van der Waals surface area contributed by atoms with Gasteiger partial charge in [-0.3, -0.25) is 4.79 Å². The quantitative estimate of drug-likeness (QED) is 0.808. The van der Waals surface area contributed by atoms with Crippen LogP contribution < -0.4 is 5.32 Å². The van der Waals surface area contributed by atoms with Crippen LogP contribution in [0.3, 0.4) is 0 Å². The minimum Gasteiger partial charge on any atom is -0.349 e. The number of amides is 1. The lowest BCUT2D eigenvalue weighted by molar-refractivity contribution is -0.126. The van der Waals surface area contributed by atoms with Gasteiger partial charge >= 0.3 is 0 Å². The van der Waals surface area contributed by atoms with Gasteiger partial charge in [-0.1, -0.05) is 60.2 Å². The van der Waals surface area contributed by atoms with Gasteiger partial charge in [0.2, 0.25) is 15.9 Å². The number of nitrogens with one attached hydrogen (secondary N) is 1. The molecule has 1 aliphatic rings. The van der Waals surface area contributed by atoms with Crippen LogP contribution in [0.5, 0.6) is 0 Å². The number of hydrogen-bond donors (Lipinski definition) is 1. The third-order valence-corrected chi connectivity index (χ3v) is 7.16. The first-order valence-electron chi connectivity index (χ1n) is 9.74. The molecule has 6 heteroatoms. The van der Waals surface area contributed by atoms with Crippen molar-refractivity contribution in [2.75, 3.05) is 13.1 Å². The molecule has 1 fully saturated rings. The summed E-state index contributed by atoms with van der Waals surface area (Å²) in [7, 11) is -3.37. The number of rotatable bonds is 6. The van der Waals surface area contributed by atoms with Gasteiger partial charge in [0.15, 0.2) is 0 Å². The van der Waals surface area contributed by atoms with Crippen molar-refractivity contribution in [3.63, 3.8) is 0 Å². The van der Waals surface area contributed by atoms with Crippen molar-refractivity contribution in [1.82, 2.24) is 9.62 Å². The number of sulfonamides is 1. The summed E-state index contributed by atoms with van der Waals surface area (Å²) in [6.07, 6.45) is 1.11. The molecule has 0 bridgehead atoms. The summed E-state index contributed by atoms with van der Waals surface area (Å²) in [5.41, 5.74) is 2.92. The molecule has 1 atom stereocenters. The van der Waals surface area contributed by atoms with E-state index in [2.05, 4.69) is 5.32 Å². The Hall–Kier alpha value is -2.18. The van der Waals surface area contributed by atoms with Crippen LogP contribution in [0.2, 0.25) is 0 Å². The van der Waals surface area contributed by atoms with E-state index in [0.717, 1.165) is 16.7 Å². The molecule has 0 aromatic heterocycles. The lowest BCUT2D eigenvalue weighted by atomic mass is 9.96. The topological polar surface area (TPSA) is 66.5 Å². The Morgan fingerprint density at radius 2 is 1.79 bits per heavy atom. The van der Waals surface area contributed by atoms with Gasteiger partial charge in [-0.25, -0.2) is 12.7 Å². The van der Waals surface area contributed by atoms with Gasteiger partial charge < -0.3 is 5.32 Å². The van der Waals surface area contributed by atoms with E-state index in [1.54, 1.807) is 0 Å². The molecule has 1 N–H and O–H groups in total. The minimum absolute atomic E-state index is 0.00656. The molecule has 1 heterocycles. The van der Waals surface area contributed by atoms with E-state index in [1.807, 2.05) is 68.4 Å². The zero-order chi connectivity index (χ0) is 20.1. The maximum Gasteiger partial charge on any atom is 0.223 e. The van der Waals surface area contributed by atoms with Crippen LogP contribution in [-0.2, 0) is 20.6 Å². The summed E-state index contributed by atoms with van der Waals surface area (Å²) in [5.74, 6) is -0.125. The fourth-order valence-electron chi connectivity index (χ4n) is 3.66. The maximum absolute atomic E-state index is 12.7. The fraction of sp³-hybridized carbons (Fsp3) is 0.409. The number of aryl methyl sites for hydroxylation is 1. The number of carbonyl (C=O) groups is 1. The van der Waals surface area contributed by atoms with Gasteiger partial charge in [0.25, 0.3) is 0 Å². The van der Waals surface area contributed by atoms with Crippen molar-refractivity contribution in [1.29, 1.82) is 0 Å². The molecule has 150 valence electrons. The fourth-order valence-corrected chi connectivity index (χ4v) is 5.21. The Morgan fingerprint density at radius 1 is 1.11 bits per heavy atom. The molecule has 0 radical (unpaired) electrons. The highest BCUT2D eigenvalue weighted by atomic mass is 32.2. The molecule has 1 amide bonds. The molecule has 2 aromatic rings. The average Bonchev–Trinajstić information content (AvgIpc) is 2.68. The lowest BCUT2D eigenvalue weighted by Gasteiger charge is -2.31. The standard InChI is InChI=1S/C22H28N2O3S/c1-17-7-6-8-19(15-17)16-28(26,27)24-13-11-21(12-14-24)22(25)23-18(2)20-9-4-3-5-10-20/h3-10,15,18,21H,11-14,16H2,1-2H3,(H,23,25)/t18-/m1/s1. The summed E-state index contributed by atoms with van der Waals surface area (Å²) in [6.45, 7) is 4.71. The Labute approximate surface area is 167 Å². The van der Waals surface area contributed by atoms with Crippen LogP contribution in [0.4, 0.5) is 0 Å². The molecule has 1 aliphatic heterocycles. The van der Waals surface area contributed by atoms with Crippen LogP contribution in [0.1, 0.15) is 42.5 Å². The number of carbonyl (C=O) groups excluding carboxylic acids is 1. The average molecular weight is 401 g/mol. The zero-order valence-electron chi connectivity index (χ0n) is 16.5. The second kappa shape index (κ2) is 8.88. The first-order valence-corrected chi connectivity index (χ1v) is 11.3. The van der Waals surface area contributed by atoms with Gasteiger partial charge in [-0.15, -0.1) is 0 Å². The van der Waals surface area contributed by atoms with Gasteiger partial charge in [0.05, 0.1) is 11.8 Å². The molecule has 1 saturated heterocycles. The third-order valence-electron chi connectivity index (χ3n) is 5.31. The molecule has 2 aromatic carbocycles. The van der Waals surface area contributed by atoms with Crippen LogP contribution in [0.15, 0.2) is 54.6 Å². The zero-order valence-corrected chi connectivity index (χ0v) is 17.3. The minimum atomic E-state index is -3.37. The largest absolute Gasteiger partial charge is 0.349 e. The van der Waals surface area contributed by atoms with Crippen LogP contribution in [0, 0.1) is 12.8 Å². The molecule has 0 unspecified atom stereocenters. The van der Waals surface area contributed by atoms with Gasteiger partial charge in [-0.2, -0.15) is 0 Å². The number of piperidine rings is 1. The Balaban J connectivity index is 1.54. The first kappa shape index (κ1) is 20.6. The van der Waals surface area contributed by atoms with Crippen LogP contribution in [0.25, 0.3) is 0 Å². The number of hydrogen-bond acceptors (Lipinski definition) is 3. The Bertz CT molecular complexity index is 904. The third kappa shape index (κ3) is 5.20. The molecule has 0 aliphatic carbocycles. The molecule has 3 rings (SSSR count). The van der Waals surface area contributed by atoms with Crippen molar-refractivity contribution >= 4 is 15.9 Å². The van der Waals surface area contributed by atoms with Crippen molar-refractivity contribution in [2.24, 2.45) is 5.92 Å². The highest BCUT2D eigenvalue weighted by molar-refractivity contribution is 7.88. The van der Waals surface area contributed by atoms with Crippen molar-refractivity contribution in [3.8, 4) is 0 Å². The second-order valence-corrected chi connectivity index (χ2v) is 9.53. The van der Waals surface area contributed by atoms with Gasteiger partial charge in [-0.05, 0) is 37.8 Å². The summed E-state index contributed by atoms with van der Waals surface area (Å²) in [6, 6.07) is 17.4. The van der Waals surface area contributed by atoms with Crippen LogP contribution in [-0.4, -0.2) is 31.7 Å². The lowest BCUT2D eigenvalue weighted by Crippen LogP contribution is -2.43. The Kier molecular flexibility index (Phi) is 6.52. The molecular weight excluding hydrogens is 372 g/mol. The molecular formula is C22H28N2O3S. The van der Waals surface area contributed by atoms with E-state index in [-0.39, 0.29) is 23.6 Å². The monoisotopic (exact) mass is 400 g/mol. The van der Waals surface area contributed by atoms with Crippen molar-refractivity contribution in [2.45, 2.75) is 38.5 Å². The van der Waals surface area contributed by atoms with E-state index in [1.165, 1.54) is 4.31 Å². The predicted octanol–water partition coefficient (Wildman–Crippen LogP) is 3.41. The van der Waals surface area contributed by atoms with Crippen LogP contribution >= 0.6 is 0 Å². The SMILES string of the molecule is Cc1cccc(CS(=O)(=O)N2CCC(C(=O)N[C@H](C)c3ccccc3)CC2)c1. The highest BCUT2D eigenvalue weighted by Gasteiger charge is 2.31. The van der Waals surface area contributed by atoms with E-state index in [0.29, 0.717) is 25.9 Å². The van der Waals surface area contributed by atoms with Crippen molar-refractivity contribution < 1.29 is 13.2 Å². The second-order valence-electron chi connectivity index (χ2n) is 7.56. The predicted molar refractivity (Wildman–Crippen MR) is 111 cm³/mol. The van der Waals surface area contributed by atoms with E-state index in [9.17, 15) is 13.2 Å². The first-order chi connectivity index (χ1) is 13.3. The van der Waals surface area contributed by atoms with E-state index in [4.69, 9.17) is 0 Å². The molecule has 28 heavy (non-hydrogen) atoms. The van der Waals surface area contributed by atoms with Gasteiger partial charge in [0, 0.05) is 19.0 Å². The van der Waals surface area contributed by atoms with Gasteiger partial charge in [0.1, 0.15) is 0 Å². The summed E-state index contributed by atoms with van der Waals surface area (Å²) < 4.78 is 27.0. The number of nitrogens with zero attached hydrogens (tertiary/aromatic N) is 1. The normalized spacial score (nSPS) is 17.2.